The number of nitrogens with one attached hydrogen (secondary N) is 2. The van der Waals surface area contributed by atoms with Crippen molar-refractivity contribution >= 4 is 17.7 Å². The Balaban J connectivity index is 1.32. The maximum atomic E-state index is 13.9. The predicted molar refractivity (Wildman–Crippen MR) is 134 cm³/mol. The molecule has 9 nitrogen and oxygen atoms in total. The fourth-order valence-corrected chi connectivity index (χ4v) is 5.61. The number of carbonyl (C=O) groups excluding carboxylic acids is 3. The number of hydrogen-bond acceptors (Lipinski definition) is 6. The summed E-state index contributed by atoms with van der Waals surface area (Å²) < 4.78 is 47.9. The molecule has 2 N–H and O–H groups in total. The number of carbonyl (C=O) groups is 3. The highest BCUT2D eigenvalue weighted by atomic mass is 19.4. The maximum absolute atomic E-state index is 13.9. The van der Waals surface area contributed by atoms with Crippen molar-refractivity contribution in [2.75, 3.05) is 39.3 Å². The molecular formula is C27H30F3N5O4. The van der Waals surface area contributed by atoms with Crippen LogP contribution < -0.4 is 15.6 Å². The number of hydrogen-bond donors (Lipinski definition) is 2. The summed E-state index contributed by atoms with van der Waals surface area (Å²) in [5.41, 5.74) is 6.87. The molecule has 12 heteroatoms. The van der Waals surface area contributed by atoms with Crippen molar-refractivity contribution in [1.82, 2.24) is 25.6 Å². The van der Waals surface area contributed by atoms with Gasteiger partial charge in [-0.15, -0.1) is 0 Å². The van der Waals surface area contributed by atoms with Crippen LogP contribution in [0.3, 0.4) is 0 Å². The van der Waals surface area contributed by atoms with E-state index in [2.05, 4.69) is 10.9 Å². The molecule has 0 bridgehead atoms. The van der Waals surface area contributed by atoms with E-state index in [4.69, 9.17) is 4.74 Å². The van der Waals surface area contributed by atoms with Crippen molar-refractivity contribution in [3.8, 4) is 5.75 Å². The number of amides is 3. The third-order valence-electron chi connectivity index (χ3n) is 7.64. The fourth-order valence-electron chi connectivity index (χ4n) is 5.61. The molecule has 3 heterocycles. The van der Waals surface area contributed by atoms with Crippen LogP contribution in [0, 0.1) is 5.92 Å². The Hall–Kier alpha value is -3.64. The summed E-state index contributed by atoms with van der Waals surface area (Å²) in [6, 6.07) is 12.4. The SMILES string of the molecule is CC(=O)N1CCN(C(=O)c2cccc(OCC3c4ccccc4CN3C3CNNC(=O)C3C(F)(F)F)c2)CC1. The number of fused-ring (bicyclic) bond motifs is 1. The highest BCUT2D eigenvalue weighted by Gasteiger charge is 2.55. The first-order chi connectivity index (χ1) is 18.6. The van der Waals surface area contributed by atoms with Gasteiger partial charge in [0.25, 0.3) is 5.91 Å². The molecule has 2 saturated heterocycles. The van der Waals surface area contributed by atoms with Crippen LogP contribution in [0.15, 0.2) is 48.5 Å². The Morgan fingerprint density at radius 2 is 1.74 bits per heavy atom. The van der Waals surface area contributed by atoms with Crippen LogP contribution in [0.5, 0.6) is 5.75 Å². The Bertz CT molecular complexity index is 1250. The minimum Gasteiger partial charge on any atom is -0.492 e. The molecule has 0 saturated carbocycles. The van der Waals surface area contributed by atoms with Gasteiger partial charge < -0.3 is 14.5 Å². The molecule has 208 valence electrons. The van der Waals surface area contributed by atoms with Gasteiger partial charge in [-0.05, 0) is 29.3 Å². The van der Waals surface area contributed by atoms with Crippen molar-refractivity contribution in [2.45, 2.75) is 31.7 Å². The third-order valence-corrected chi connectivity index (χ3v) is 7.64. The molecule has 2 fully saturated rings. The number of halogens is 3. The van der Waals surface area contributed by atoms with Gasteiger partial charge in [0.1, 0.15) is 12.4 Å². The number of benzene rings is 2. The van der Waals surface area contributed by atoms with Crippen LogP contribution in [-0.4, -0.2) is 84.0 Å². The number of nitrogens with zero attached hydrogens (tertiary/aromatic N) is 3. The van der Waals surface area contributed by atoms with Crippen LogP contribution >= 0.6 is 0 Å². The molecule has 2 aromatic carbocycles. The van der Waals surface area contributed by atoms with E-state index in [0.717, 1.165) is 11.1 Å². The number of piperazine rings is 1. The topological polar surface area (TPSA) is 94.2 Å². The lowest BCUT2D eigenvalue weighted by molar-refractivity contribution is -0.202. The van der Waals surface area contributed by atoms with E-state index >= 15 is 0 Å². The Morgan fingerprint density at radius 3 is 2.46 bits per heavy atom. The zero-order chi connectivity index (χ0) is 27.7. The largest absolute Gasteiger partial charge is 0.492 e. The van der Waals surface area contributed by atoms with E-state index in [1.54, 1.807) is 39.0 Å². The molecule has 3 unspecified atom stereocenters. The van der Waals surface area contributed by atoms with Crippen LogP contribution in [-0.2, 0) is 16.1 Å². The highest BCUT2D eigenvalue weighted by molar-refractivity contribution is 5.94. The second kappa shape index (κ2) is 10.9. The Morgan fingerprint density at radius 1 is 1.03 bits per heavy atom. The van der Waals surface area contributed by atoms with Crippen molar-refractivity contribution in [3.63, 3.8) is 0 Å². The lowest BCUT2D eigenvalue weighted by Gasteiger charge is -2.40. The molecule has 3 aliphatic heterocycles. The molecule has 3 amide bonds. The van der Waals surface area contributed by atoms with Crippen LogP contribution in [0.25, 0.3) is 0 Å². The van der Waals surface area contributed by atoms with Gasteiger partial charge in [0, 0.05) is 57.8 Å². The minimum absolute atomic E-state index is 0.0220. The second-order valence-electron chi connectivity index (χ2n) is 9.98. The molecule has 0 aliphatic carbocycles. The lowest BCUT2D eigenvalue weighted by Crippen LogP contribution is -2.64. The number of ether oxygens (including phenoxy) is 1. The fraction of sp³-hybridized carbons (Fsp3) is 0.444. The maximum Gasteiger partial charge on any atom is 0.402 e. The molecule has 0 aromatic heterocycles. The first-order valence-corrected chi connectivity index (χ1v) is 12.8. The lowest BCUT2D eigenvalue weighted by atomic mass is 9.94. The summed E-state index contributed by atoms with van der Waals surface area (Å²) >= 11 is 0. The molecular weight excluding hydrogens is 515 g/mol. The van der Waals surface area contributed by atoms with Gasteiger partial charge in [-0.1, -0.05) is 30.3 Å². The third kappa shape index (κ3) is 5.57. The zero-order valence-electron chi connectivity index (χ0n) is 21.4. The summed E-state index contributed by atoms with van der Waals surface area (Å²) in [5, 5.41) is 0. The van der Waals surface area contributed by atoms with Gasteiger partial charge in [0.15, 0.2) is 5.92 Å². The van der Waals surface area contributed by atoms with Crippen molar-refractivity contribution in [2.24, 2.45) is 5.92 Å². The molecule has 3 aliphatic rings. The minimum atomic E-state index is -4.71. The van der Waals surface area contributed by atoms with Crippen molar-refractivity contribution < 1.29 is 32.3 Å². The first kappa shape index (κ1) is 26.9. The van der Waals surface area contributed by atoms with E-state index in [-0.39, 0.29) is 31.5 Å². The van der Waals surface area contributed by atoms with Crippen molar-refractivity contribution in [1.29, 1.82) is 0 Å². The summed E-state index contributed by atoms with van der Waals surface area (Å²) in [6.07, 6.45) is -4.71. The summed E-state index contributed by atoms with van der Waals surface area (Å²) in [5.74, 6) is -3.07. The van der Waals surface area contributed by atoms with Gasteiger partial charge in [-0.25, -0.2) is 5.43 Å². The van der Waals surface area contributed by atoms with Crippen LogP contribution in [0.4, 0.5) is 13.2 Å². The van der Waals surface area contributed by atoms with E-state index in [1.165, 1.54) is 6.92 Å². The van der Waals surface area contributed by atoms with Gasteiger partial charge in [0.2, 0.25) is 11.8 Å². The van der Waals surface area contributed by atoms with E-state index in [9.17, 15) is 27.6 Å². The molecule has 39 heavy (non-hydrogen) atoms. The number of alkyl halides is 3. The monoisotopic (exact) mass is 545 g/mol. The normalized spacial score (nSPS) is 23.8. The quantitative estimate of drug-likeness (QED) is 0.598. The van der Waals surface area contributed by atoms with Gasteiger partial charge in [-0.2, -0.15) is 13.2 Å². The Labute approximate surface area is 223 Å². The second-order valence-corrected chi connectivity index (χ2v) is 9.98. The number of hydrazine groups is 1. The average molecular weight is 546 g/mol. The van der Waals surface area contributed by atoms with E-state index in [1.807, 2.05) is 24.3 Å². The average Bonchev–Trinajstić information content (AvgIpc) is 3.29. The van der Waals surface area contributed by atoms with Crippen molar-refractivity contribution in [3.05, 3.63) is 65.2 Å². The van der Waals surface area contributed by atoms with E-state index in [0.29, 0.717) is 37.5 Å². The first-order valence-electron chi connectivity index (χ1n) is 12.8. The van der Waals surface area contributed by atoms with Crippen LogP contribution in [0.1, 0.15) is 34.5 Å². The number of rotatable bonds is 5. The Kier molecular flexibility index (Phi) is 7.50. The molecule has 0 radical (unpaired) electrons. The molecule has 0 spiro atoms. The van der Waals surface area contributed by atoms with Gasteiger partial charge in [-0.3, -0.25) is 24.7 Å². The molecule has 3 atom stereocenters. The van der Waals surface area contributed by atoms with Crippen LogP contribution in [0.2, 0.25) is 0 Å². The standard InChI is InChI=1S/C27H30F3N5O4/c1-17(36)33-9-11-34(12-10-33)26(38)18-6-4-7-20(13-18)39-16-23-21-8-3-2-5-19(21)15-35(23)22-14-31-32-25(37)24(22)27(28,29)30/h2-8,13,22-24,31H,9-12,14-16H2,1H3,(H,32,37). The summed E-state index contributed by atoms with van der Waals surface area (Å²) in [4.78, 5) is 42.0. The molecule has 2 aromatic rings. The summed E-state index contributed by atoms with van der Waals surface area (Å²) in [7, 11) is 0. The van der Waals surface area contributed by atoms with Gasteiger partial charge in [0.05, 0.1) is 6.04 Å². The summed E-state index contributed by atoms with van der Waals surface area (Å²) in [6.45, 7) is 3.53. The predicted octanol–water partition coefficient (Wildman–Crippen LogP) is 2.11. The van der Waals surface area contributed by atoms with Gasteiger partial charge >= 0.3 is 6.18 Å². The zero-order valence-corrected chi connectivity index (χ0v) is 21.4. The van der Waals surface area contributed by atoms with E-state index < -0.39 is 30.1 Å². The molecule has 5 rings (SSSR count). The highest BCUT2D eigenvalue weighted by Crippen LogP contribution is 2.41. The smallest absolute Gasteiger partial charge is 0.402 e.